The van der Waals surface area contributed by atoms with Gasteiger partial charge in [-0.3, -0.25) is 5.32 Å². The van der Waals surface area contributed by atoms with Crippen LogP contribution in [-0.2, 0) is 17.6 Å². The molecule has 0 spiro atoms. The number of carbonyl (C=O) groups excluding carboxylic acids is 1. The van der Waals surface area contributed by atoms with Gasteiger partial charge in [0.05, 0.1) is 12.2 Å². The van der Waals surface area contributed by atoms with Gasteiger partial charge in [-0.1, -0.05) is 19.9 Å². The Morgan fingerprint density at radius 3 is 2.68 bits per heavy atom. The number of anilines is 1. The lowest BCUT2D eigenvalue weighted by molar-refractivity contribution is -0.0729. The smallest absolute Gasteiger partial charge is 0.323 e. The predicted molar refractivity (Wildman–Crippen MR) is 86.1 cm³/mol. The van der Waals surface area contributed by atoms with E-state index in [4.69, 9.17) is 4.74 Å². The van der Waals surface area contributed by atoms with Gasteiger partial charge in [0.1, 0.15) is 5.82 Å². The largest absolute Gasteiger partial charge is 0.371 e. The summed E-state index contributed by atoms with van der Waals surface area (Å²) >= 11 is 0. The molecule has 2 unspecified atom stereocenters. The minimum Gasteiger partial charge on any atom is -0.371 e. The van der Waals surface area contributed by atoms with Gasteiger partial charge in [0.25, 0.3) is 0 Å². The Kier molecular flexibility index (Phi) is 4.62. The number of nitrogens with zero attached hydrogens (tertiary/aromatic N) is 2. The van der Waals surface area contributed by atoms with Crippen molar-refractivity contribution in [3.05, 3.63) is 23.4 Å². The number of aryl methyl sites for hydroxylation is 2. The third kappa shape index (κ3) is 3.24. The molecule has 0 saturated carbocycles. The Balaban J connectivity index is 1.65. The molecule has 2 heterocycles. The van der Waals surface area contributed by atoms with Gasteiger partial charge in [0, 0.05) is 18.8 Å². The molecule has 2 aliphatic rings. The standard InChI is InChI=1S/C17H25N3O2/c1-3-13-10-20(11-14(4-2)22-13)17(21)19-16-9-8-12-6-5-7-15(12)18-16/h8-9,13-14H,3-7,10-11H2,1-2H3,(H,18,19,21). The molecule has 1 aromatic heterocycles. The lowest BCUT2D eigenvalue weighted by Gasteiger charge is -2.37. The van der Waals surface area contributed by atoms with Crippen LogP contribution in [0.25, 0.3) is 0 Å². The number of rotatable bonds is 3. The van der Waals surface area contributed by atoms with Crippen molar-refractivity contribution < 1.29 is 9.53 Å². The molecule has 1 saturated heterocycles. The van der Waals surface area contributed by atoms with Gasteiger partial charge >= 0.3 is 6.03 Å². The minimum absolute atomic E-state index is 0.0642. The molecule has 2 atom stereocenters. The van der Waals surface area contributed by atoms with E-state index in [0.717, 1.165) is 31.4 Å². The van der Waals surface area contributed by atoms with Crippen molar-refractivity contribution in [2.45, 2.75) is 58.2 Å². The first kappa shape index (κ1) is 15.3. The summed E-state index contributed by atoms with van der Waals surface area (Å²) in [6, 6.07) is 3.94. The molecular formula is C17H25N3O2. The fraction of sp³-hybridized carbons (Fsp3) is 0.647. The number of carbonyl (C=O) groups is 1. The van der Waals surface area contributed by atoms with Gasteiger partial charge in [-0.2, -0.15) is 0 Å². The van der Waals surface area contributed by atoms with Crippen molar-refractivity contribution in [1.82, 2.24) is 9.88 Å². The van der Waals surface area contributed by atoms with Crippen molar-refractivity contribution in [3.63, 3.8) is 0 Å². The van der Waals surface area contributed by atoms with E-state index < -0.39 is 0 Å². The zero-order valence-electron chi connectivity index (χ0n) is 13.5. The fourth-order valence-corrected chi connectivity index (χ4v) is 3.22. The first-order chi connectivity index (χ1) is 10.7. The van der Waals surface area contributed by atoms with Gasteiger partial charge in [-0.05, 0) is 43.7 Å². The average Bonchev–Trinajstić information content (AvgIpc) is 3.01. The molecule has 1 aromatic rings. The van der Waals surface area contributed by atoms with Crippen molar-refractivity contribution in [2.75, 3.05) is 18.4 Å². The Hall–Kier alpha value is -1.62. The van der Waals surface area contributed by atoms with E-state index in [0.29, 0.717) is 18.9 Å². The summed E-state index contributed by atoms with van der Waals surface area (Å²) < 4.78 is 5.94. The van der Waals surface area contributed by atoms with Crippen LogP contribution in [0, 0.1) is 0 Å². The van der Waals surface area contributed by atoms with Gasteiger partial charge < -0.3 is 9.64 Å². The van der Waals surface area contributed by atoms with Crippen LogP contribution in [0.3, 0.4) is 0 Å². The van der Waals surface area contributed by atoms with E-state index in [2.05, 4.69) is 30.2 Å². The summed E-state index contributed by atoms with van der Waals surface area (Å²) in [5, 5.41) is 2.95. The van der Waals surface area contributed by atoms with E-state index in [1.807, 2.05) is 11.0 Å². The maximum atomic E-state index is 12.5. The molecule has 5 nitrogen and oxygen atoms in total. The van der Waals surface area contributed by atoms with E-state index in [9.17, 15) is 4.79 Å². The number of nitrogens with one attached hydrogen (secondary N) is 1. The molecule has 0 aromatic carbocycles. The van der Waals surface area contributed by atoms with Crippen molar-refractivity contribution in [3.8, 4) is 0 Å². The predicted octanol–water partition coefficient (Wildman–Crippen LogP) is 2.99. The SMILES string of the molecule is CCC1CN(C(=O)Nc2ccc3c(n2)CCC3)CC(CC)O1. The van der Waals surface area contributed by atoms with Crippen molar-refractivity contribution in [2.24, 2.45) is 0 Å². The third-order valence-electron chi connectivity index (χ3n) is 4.59. The maximum Gasteiger partial charge on any atom is 0.323 e. The number of hydrogen-bond donors (Lipinski definition) is 1. The van der Waals surface area contributed by atoms with Crippen molar-refractivity contribution in [1.29, 1.82) is 0 Å². The lowest BCUT2D eigenvalue weighted by Crippen LogP contribution is -2.51. The summed E-state index contributed by atoms with van der Waals surface area (Å²) in [6.45, 7) is 5.51. The number of pyridine rings is 1. The molecule has 5 heteroatoms. The second-order valence-corrected chi connectivity index (χ2v) is 6.19. The molecule has 3 rings (SSSR count). The van der Waals surface area contributed by atoms with Crippen LogP contribution >= 0.6 is 0 Å². The summed E-state index contributed by atoms with van der Waals surface area (Å²) in [5.41, 5.74) is 2.46. The van der Waals surface area contributed by atoms with Crippen LogP contribution in [0.15, 0.2) is 12.1 Å². The minimum atomic E-state index is -0.0642. The highest BCUT2D eigenvalue weighted by molar-refractivity contribution is 5.88. The highest BCUT2D eigenvalue weighted by Crippen LogP contribution is 2.22. The van der Waals surface area contributed by atoms with Gasteiger partial charge in [0.2, 0.25) is 0 Å². The second kappa shape index (κ2) is 6.65. The molecule has 0 radical (unpaired) electrons. The zero-order chi connectivity index (χ0) is 15.5. The van der Waals surface area contributed by atoms with Crippen LogP contribution in [0.2, 0.25) is 0 Å². The third-order valence-corrected chi connectivity index (χ3v) is 4.59. The highest BCUT2D eigenvalue weighted by Gasteiger charge is 2.29. The molecule has 120 valence electrons. The molecule has 2 amide bonds. The second-order valence-electron chi connectivity index (χ2n) is 6.19. The molecule has 1 fully saturated rings. The Morgan fingerprint density at radius 1 is 1.27 bits per heavy atom. The van der Waals surface area contributed by atoms with Gasteiger partial charge in [0.15, 0.2) is 0 Å². The maximum absolute atomic E-state index is 12.5. The molecular weight excluding hydrogens is 278 g/mol. The molecule has 0 bridgehead atoms. The molecule has 1 aliphatic heterocycles. The van der Waals surface area contributed by atoms with Crippen LogP contribution < -0.4 is 5.32 Å². The normalized spacial score (nSPS) is 24.2. The Labute approximate surface area is 132 Å². The summed E-state index contributed by atoms with van der Waals surface area (Å²) in [5.74, 6) is 0.665. The van der Waals surface area contributed by atoms with E-state index in [-0.39, 0.29) is 18.2 Å². The van der Waals surface area contributed by atoms with Gasteiger partial charge in [-0.15, -0.1) is 0 Å². The van der Waals surface area contributed by atoms with Crippen LogP contribution in [0.1, 0.15) is 44.4 Å². The molecule has 1 aliphatic carbocycles. The van der Waals surface area contributed by atoms with Crippen LogP contribution in [0.5, 0.6) is 0 Å². The number of hydrogen-bond acceptors (Lipinski definition) is 3. The van der Waals surface area contributed by atoms with E-state index >= 15 is 0 Å². The molecule has 22 heavy (non-hydrogen) atoms. The number of morpholine rings is 1. The number of fused-ring (bicyclic) bond motifs is 1. The summed E-state index contributed by atoms with van der Waals surface area (Å²) in [7, 11) is 0. The first-order valence-electron chi connectivity index (χ1n) is 8.39. The van der Waals surface area contributed by atoms with Crippen LogP contribution in [0.4, 0.5) is 10.6 Å². The number of amides is 2. The van der Waals surface area contributed by atoms with E-state index in [1.54, 1.807) is 0 Å². The zero-order valence-corrected chi connectivity index (χ0v) is 13.5. The van der Waals surface area contributed by atoms with Crippen LogP contribution in [-0.4, -0.2) is 41.2 Å². The number of ether oxygens (including phenoxy) is 1. The topological polar surface area (TPSA) is 54.5 Å². The molecule has 1 N–H and O–H groups in total. The van der Waals surface area contributed by atoms with E-state index in [1.165, 1.54) is 12.0 Å². The Bertz CT molecular complexity index is 535. The monoisotopic (exact) mass is 303 g/mol. The summed E-state index contributed by atoms with van der Waals surface area (Å²) in [4.78, 5) is 18.9. The first-order valence-corrected chi connectivity index (χ1v) is 8.39. The average molecular weight is 303 g/mol. The number of aromatic nitrogens is 1. The lowest BCUT2D eigenvalue weighted by atomic mass is 10.1. The highest BCUT2D eigenvalue weighted by atomic mass is 16.5. The number of urea groups is 1. The quantitative estimate of drug-likeness (QED) is 0.934. The van der Waals surface area contributed by atoms with Gasteiger partial charge in [-0.25, -0.2) is 9.78 Å². The summed E-state index contributed by atoms with van der Waals surface area (Å²) in [6.07, 6.45) is 5.42. The Morgan fingerprint density at radius 2 is 2.00 bits per heavy atom. The fourth-order valence-electron chi connectivity index (χ4n) is 3.22. The van der Waals surface area contributed by atoms with Crippen molar-refractivity contribution >= 4 is 11.8 Å².